The first-order chi connectivity index (χ1) is 13.6. The summed E-state index contributed by atoms with van der Waals surface area (Å²) in [5.74, 6) is -1.50. The lowest BCUT2D eigenvalue weighted by molar-refractivity contribution is -0.151. The average molecular weight is 398 g/mol. The second-order valence-electron chi connectivity index (χ2n) is 6.85. The number of hydrogen-bond acceptors (Lipinski definition) is 5. The minimum atomic E-state index is -0.753. The summed E-state index contributed by atoms with van der Waals surface area (Å²) in [7, 11) is 0. The number of carbonyl (C=O) groups is 2. The highest BCUT2D eigenvalue weighted by Gasteiger charge is 2.40. The van der Waals surface area contributed by atoms with Crippen LogP contribution in [0.15, 0.2) is 47.9 Å². The van der Waals surface area contributed by atoms with E-state index in [1.54, 1.807) is 24.3 Å². The maximum Gasteiger partial charge on any atom is 0.317 e. The molecule has 0 amide bonds. The summed E-state index contributed by atoms with van der Waals surface area (Å²) in [6.45, 7) is 8.24. The van der Waals surface area contributed by atoms with Crippen molar-refractivity contribution in [3.8, 4) is 0 Å². The van der Waals surface area contributed by atoms with Gasteiger partial charge in [0.1, 0.15) is 5.92 Å². The number of nitrogens with zero attached hydrogens (tertiary/aromatic N) is 1. The van der Waals surface area contributed by atoms with Gasteiger partial charge in [0, 0.05) is 29.6 Å². The zero-order chi connectivity index (χ0) is 20.1. The number of allylic oxidation sites excluding steroid dienone is 2. The molecule has 0 bridgehead atoms. The first kappa shape index (κ1) is 20.3. The summed E-state index contributed by atoms with van der Waals surface area (Å²) < 4.78 is 5.20. The first-order valence-electron chi connectivity index (χ1n) is 9.88. The van der Waals surface area contributed by atoms with E-state index in [4.69, 9.17) is 4.74 Å². The van der Waals surface area contributed by atoms with Crippen LogP contribution >= 0.6 is 11.3 Å². The summed E-state index contributed by atoms with van der Waals surface area (Å²) in [6.07, 6.45) is 2.29. The molecule has 2 aromatic rings. The molecule has 0 saturated heterocycles. The SMILES string of the molecule is CCOC(=O)C1C(=O)C=C(c2ccc(N(CC)CC)cc2)CC1c1cccs1. The van der Waals surface area contributed by atoms with Crippen LogP contribution in [0, 0.1) is 5.92 Å². The van der Waals surface area contributed by atoms with E-state index in [2.05, 4.69) is 43.0 Å². The quantitative estimate of drug-likeness (QED) is 0.492. The van der Waals surface area contributed by atoms with Gasteiger partial charge >= 0.3 is 5.97 Å². The van der Waals surface area contributed by atoms with Gasteiger partial charge in [-0.05, 0) is 68.0 Å². The van der Waals surface area contributed by atoms with E-state index in [9.17, 15) is 9.59 Å². The molecule has 0 N–H and O–H groups in total. The molecular formula is C23H27NO3S. The predicted molar refractivity (Wildman–Crippen MR) is 115 cm³/mol. The number of carbonyl (C=O) groups excluding carboxylic acids is 2. The number of anilines is 1. The molecule has 28 heavy (non-hydrogen) atoms. The van der Waals surface area contributed by atoms with E-state index in [-0.39, 0.29) is 18.3 Å². The van der Waals surface area contributed by atoms with Gasteiger partial charge in [-0.15, -0.1) is 11.3 Å². The molecule has 0 aliphatic heterocycles. The monoisotopic (exact) mass is 397 g/mol. The van der Waals surface area contributed by atoms with Crippen LogP contribution in [-0.4, -0.2) is 31.4 Å². The van der Waals surface area contributed by atoms with Crippen LogP contribution in [0.3, 0.4) is 0 Å². The van der Waals surface area contributed by atoms with E-state index in [1.165, 1.54) is 5.69 Å². The Morgan fingerprint density at radius 2 is 1.86 bits per heavy atom. The summed E-state index contributed by atoms with van der Waals surface area (Å²) in [5.41, 5.74) is 3.19. The van der Waals surface area contributed by atoms with Crippen molar-refractivity contribution in [1.29, 1.82) is 0 Å². The van der Waals surface area contributed by atoms with Crippen LogP contribution < -0.4 is 4.90 Å². The van der Waals surface area contributed by atoms with Gasteiger partial charge < -0.3 is 9.64 Å². The number of esters is 1. The number of ether oxygens (including phenoxy) is 1. The van der Waals surface area contributed by atoms with Crippen molar-refractivity contribution in [2.45, 2.75) is 33.1 Å². The van der Waals surface area contributed by atoms with Gasteiger partial charge in [0.2, 0.25) is 0 Å². The number of thiophene rings is 1. The Morgan fingerprint density at radius 1 is 1.14 bits per heavy atom. The van der Waals surface area contributed by atoms with Crippen molar-refractivity contribution in [3.63, 3.8) is 0 Å². The number of hydrogen-bond donors (Lipinski definition) is 0. The molecule has 1 aromatic carbocycles. The maximum atomic E-state index is 12.9. The molecule has 0 spiro atoms. The summed E-state index contributed by atoms with van der Waals surface area (Å²) in [5, 5.41) is 1.99. The van der Waals surface area contributed by atoms with Crippen molar-refractivity contribution in [1.82, 2.24) is 0 Å². The van der Waals surface area contributed by atoms with Gasteiger partial charge in [-0.1, -0.05) is 18.2 Å². The highest BCUT2D eigenvalue weighted by atomic mass is 32.1. The lowest BCUT2D eigenvalue weighted by Gasteiger charge is -2.28. The molecule has 1 heterocycles. The molecule has 0 radical (unpaired) electrons. The highest BCUT2D eigenvalue weighted by molar-refractivity contribution is 7.10. The Hall–Kier alpha value is -2.40. The lowest BCUT2D eigenvalue weighted by Crippen LogP contribution is -2.33. The topological polar surface area (TPSA) is 46.6 Å². The number of rotatable bonds is 7. The van der Waals surface area contributed by atoms with Crippen LogP contribution in [0.5, 0.6) is 0 Å². The fraction of sp³-hybridized carbons (Fsp3) is 0.391. The molecule has 0 saturated carbocycles. The summed E-state index contributed by atoms with van der Waals surface area (Å²) >= 11 is 1.59. The van der Waals surface area contributed by atoms with Crippen LogP contribution in [0.2, 0.25) is 0 Å². The smallest absolute Gasteiger partial charge is 0.317 e. The van der Waals surface area contributed by atoms with E-state index in [1.807, 2.05) is 17.5 Å². The molecule has 1 aliphatic rings. The largest absolute Gasteiger partial charge is 0.465 e. The van der Waals surface area contributed by atoms with E-state index in [0.717, 1.165) is 29.1 Å². The molecule has 0 fully saturated rings. The molecule has 1 aliphatic carbocycles. The fourth-order valence-electron chi connectivity index (χ4n) is 3.83. The first-order valence-corrected chi connectivity index (χ1v) is 10.8. The Bertz CT molecular complexity index is 835. The molecule has 4 nitrogen and oxygen atoms in total. The van der Waals surface area contributed by atoms with Gasteiger partial charge in [0.15, 0.2) is 5.78 Å². The molecule has 5 heteroatoms. The second kappa shape index (κ2) is 9.20. The summed E-state index contributed by atoms with van der Waals surface area (Å²) in [6, 6.07) is 12.3. The third-order valence-electron chi connectivity index (χ3n) is 5.28. The average Bonchev–Trinajstić information content (AvgIpc) is 3.23. The lowest BCUT2D eigenvalue weighted by atomic mass is 9.76. The standard InChI is InChI=1S/C23H27NO3S/c1-4-24(5-2)18-11-9-16(10-12-18)17-14-19(21-8-7-13-28-21)22(20(25)15-17)23(26)27-6-3/h7-13,15,19,22H,4-6,14H2,1-3H3. The highest BCUT2D eigenvalue weighted by Crippen LogP contribution is 2.42. The molecule has 2 unspecified atom stereocenters. The van der Waals surface area contributed by atoms with Gasteiger partial charge in [-0.2, -0.15) is 0 Å². The normalized spacial score (nSPS) is 19.2. The van der Waals surface area contributed by atoms with Gasteiger partial charge in [-0.25, -0.2) is 0 Å². The van der Waals surface area contributed by atoms with E-state index < -0.39 is 11.9 Å². The van der Waals surface area contributed by atoms with Gasteiger partial charge in [-0.3, -0.25) is 9.59 Å². The fourth-order valence-corrected chi connectivity index (χ4v) is 4.69. The predicted octanol–water partition coefficient (Wildman–Crippen LogP) is 4.91. The molecule has 1 aromatic heterocycles. The van der Waals surface area contributed by atoms with Gasteiger partial charge in [0.25, 0.3) is 0 Å². The Labute approximate surface area is 170 Å². The van der Waals surface area contributed by atoms with Crippen molar-refractivity contribution in [2.24, 2.45) is 5.92 Å². The van der Waals surface area contributed by atoms with Crippen LogP contribution in [0.4, 0.5) is 5.69 Å². The van der Waals surface area contributed by atoms with Crippen LogP contribution in [0.1, 0.15) is 43.6 Å². The maximum absolute atomic E-state index is 12.9. The second-order valence-corrected chi connectivity index (χ2v) is 7.83. The third kappa shape index (κ3) is 4.20. The summed E-state index contributed by atoms with van der Waals surface area (Å²) in [4.78, 5) is 28.7. The van der Waals surface area contributed by atoms with Crippen molar-refractivity contribution in [3.05, 3.63) is 58.3 Å². The Morgan fingerprint density at radius 3 is 2.43 bits per heavy atom. The molecule has 148 valence electrons. The van der Waals surface area contributed by atoms with Crippen molar-refractivity contribution in [2.75, 3.05) is 24.6 Å². The molecule has 3 rings (SSSR count). The van der Waals surface area contributed by atoms with E-state index in [0.29, 0.717) is 6.42 Å². The minimum Gasteiger partial charge on any atom is -0.465 e. The number of ketones is 1. The zero-order valence-corrected chi connectivity index (χ0v) is 17.5. The van der Waals surface area contributed by atoms with Crippen LogP contribution in [0.25, 0.3) is 5.57 Å². The van der Waals surface area contributed by atoms with Crippen LogP contribution in [-0.2, 0) is 14.3 Å². The van der Waals surface area contributed by atoms with E-state index >= 15 is 0 Å². The third-order valence-corrected chi connectivity index (χ3v) is 6.29. The van der Waals surface area contributed by atoms with Crippen molar-refractivity contribution < 1.29 is 14.3 Å². The Kier molecular flexibility index (Phi) is 6.68. The number of benzene rings is 1. The zero-order valence-electron chi connectivity index (χ0n) is 16.7. The van der Waals surface area contributed by atoms with Crippen molar-refractivity contribution >= 4 is 34.3 Å². The molecule has 2 atom stereocenters. The molecular weight excluding hydrogens is 370 g/mol. The Balaban J connectivity index is 1.91. The minimum absolute atomic E-state index is 0.161. The van der Waals surface area contributed by atoms with Gasteiger partial charge in [0.05, 0.1) is 6.61 Å².